The second-order valence-electron chi connectivity index (χ2n) is 7.71. The SMILES string of the molecule is CCCCNc1nc(C(F)(F)F)ccc1C=CC(=O)N[C@@H](C)c1cc(F)c(NS(C)(=O)=O)c(F)c1. The highest BCUT2D eigenvalue weighted by molar-refractivity contribution is 7.92. The van der Waals surface area contributed by atoms with E-state index in [-0.39, 0.29) is 16.9 Å². The van der Waals surface area contributed by atoms with Gasteiger partial charge in [-0.25, -0.2) is 22.2 Å². The minimum atomic E-state index is -4.63. The number of halogens is 5. The van der Waals surface area contributed by atoms with Gasteiger partial charge in [0.25, 0.3) is 0 Å². The molecule has 2 aromatic rings. The lowest BCUT2D eigenvalue weighted by Gasteiger charge is -2.15. The maximum Gasteiger partial charge on any atom is 0.433 e. The monoisotopic (exact) mass is 520 g/mol. The van der Waals surface area contributed by atoms with Crippen LogP contribution >= 0.6 is 0 Å². The Labute approximate surface area is 199 Å². The molecule has 0 spiro atoms. The summed E-state index contributed by atoms with van der Waals surface area (Å²) in [6.45, 7) is 3.75. The van der Waals surface area contributed by atoms with Crippen molar-refractivity contribution in [1.82, 2.24) is 10.3 Å². The van der Waals surface area contributed by atoms with Gasteiger partial charge in [-0.2, -0.15) is 13.2 Å². The van der Waals surface area contributed by atoms with E-state index in [1.807, 2.05) is 6.92 Å². The summed E-state index contributed by atoms with van der Waals surface area (Å²) in [6, 6.07) is 2.84. The number of benzene rings is 1. The average Bonchev–Trinajstić information content (AvgIpc) is 2.74. The highest BCUT2D eigenvalue weighted by atomic mass is 32.2. The number of unbranched alkanes of at least 4 members (excludes halogenated alkanes) is 1. The van der Waals surface area contributed by atoms with Gasteiger partial charge >= 0.3 is 6.18 Å². The number of rotatable bonds is 10. The van der Waals surface area contributed by atoms with Crippen molar-refractivity contribution in [1.29, 1.82) is 0 Å². The van der Waals surface area contributed by atoms with Crippen molar-refractivity contribution in [2.75, 3.05) is 22.8 Å². The summed E-state index contributed by atoms with van der Waals surface area (Å²) in [7, 11) is -3.91. The largest absolute Gasteiger partial charge is 0.433 e. The molecule has 0 saturated carbocycles. The molecule has 0 aliphatic carbocycles. The van der Waals surface area contributed by atoms with Gasteiger partial charge < -0.3 is 10.6 Å². The van der Waals surface area contributed by atoms with E-state index < -0.39 is 51.2 Å². The molecule has 1 amide bonds. The molecule has 0 unspecified atom stereocenters. The molecule has 0 aliphatic rings. The van der Waals surface area contributed by atoms with Crippen LogP contribution in [0.3, 0.4) is 0 Å². The molecule has 1 atom stereocenters. The van der Waals surface area contributed by atoms with E-state index in [2.05, 4.69) is 15.6 Å². The fourth-order valence-corrected chi connectivity index (χ4v) is 3.49. The molecule has 3 N–H and O–H groups in total. The zero-order valence-corrected chi connectivity index (χ0v) is 19.9. The summed E-state index contributed by atoms with van der Waals surface area (Å²) in [4.78, 5) is 15.9. The first-order valence-corrected chi connectivity index (χ1v) is 12.4. The van der Waals surface area contributed by atoms with E-state index in [0.29, 0.717) is 13.0 Å². The van der Waals surface area contributed by atoms with Crippen molar-refractivity contribution in [3.63, 3.8) is 0 Å². The van der Waals surface area contributed by atoms with Crippen LogP contribution in [0.25, 0.3) is 6.08 Å². The second-order valence-corrected chi connectivity index (χ2v) is 9.46. The first-order chi connectivity index (χ1) is 16.2. The normalized spacial score (nSPS) is 13.0. The lowest BCUT2D eigenvalue weighted by Crippen LogP contribution is -2.25. The van der Waals surface area contributed by atoms with Gasteiger partial charge in [-0.3, -0.25) is 9.52 Å². The number of pyridine rings is 1. The third-order valence-electron chi connectivity index (χ3n) is 4.66. The number of carbonyl (C=O) groups is 1. The van der Waals surface area contributed by atoms with Crippen LogP contribution in [0.4, 0.5) is 33.5 Å². The Balaban J connectivity index is 2.18. The Kier molecular flexibility index (Phi) is 9.18. The van der Waals surface area contributed by atoms with Crippen LogP contribution in [0.15, 0.2) is 30.3 Å². The minimum absolute atomic E-state index is 0.0268. The molecule has 1 heterocycles. The predicted molar refractivity (Wildman–Crippen MR) is 123 cm³/mol. The van der Waals surface area contributed by atoms with Crippen LogP contribution in [0.5, 0.6) is 0 Å². The number of aromatic nitrogens is 1. The third kappa shape index (κ3) is 8.50. The van der Waals surface area contributed by atoms with Gasteiger partial charge in [0.05, 0.1) is 12.3 Å². The number of alkyl halides is 3. The maximum absolute atomic E-state index is 14.2. The van der Waals surface area contributed by atoms with Gasteiger partial charge in [0.15, 0.2) is 11.6 Å². The number of nitrogens with zero attached hydrogens (tertiary/aromatic N) is 1. The summed E-state index contributed by atoms with van der Waals surface area (Å²) in [5.41, 5.74) is -1.65. The molecule has 0 fully saturated rings. The lowest BCUT2D eigenvalue weighted by atomic mass is 10.1. The van der Waals surface area contributed by atoms with Crippen LogP contribution in [0, 0.1) is 11.6 Å². The lowest BCUT2D eigenvalue weighted by molar-refractivity contribution is -0.141. The molecule has 0 radical (unpaired) electrons. The number of anilines is 2. The zero-order valence-electron chi connectivity index (χ0n) is 19.1. The second kappa shape index (κ2) is 11.5. The number of hydrogen-bond donors (Lipinski definition) is 3. The van der Waals surface area contributed by atoms with Crippen molar-refractivity contribution in [2.45, 2.75) is 38.9 Å². The van der Waals surface area contributed by atoms with E-state index >= 15 is 0 Å². The smallest absolute Gasteiger partial charge is 0.370 e. The molecule has 192 valence electrons. The Hall–Kier alpha value is -3.22. The first-order valence-electron chi connectivity index (χ1n) is 10.5. The molecular weight excluding hydrogens is 495 g/mol. The van der Waals surface area contributed by atoms with Gasteiger partial charge in [0.1, 0.15) is 17.2 Å². The fraction of sp³-hybridized carbons (Fsp3) is 0.364. The number of carbonyl (C=O) groups excluding carboxylic acids is 1. The number of sulfonamides is 1. The number of hydrogen-bond acceptors (Lipinski definition) is 5. The van der Waals surface area contributed by atoms with Crippen molar-refractivity contribution in [3.8, 4) is 0 Å². The highest BCUT2D eigenvalue weighted by Gasteiger charge is 2.33. The van der Waals surface area contributed by atoms with Gasteiger partial charge in [-0.1, -0.05) is 13.3 Å². The minimum Gasteiger partial charge on any atom is -0.370 e. The van der Waals surface area contributed by atoms with E-state index in [4.69, 9.17) is 0 Å². The fourth-order valence-electron chi connectivity index (χ4n) is 2.92. The summed E-state index contributed by atoms with van der Waals surface area (Å²) >= 11 is 0. The van der Waals surface area contributed by atoms with Crippen LogP contribution in [-0.2, 0) is 21.0 Å². The Morgan fingerprint density at radius 3 is 2.34 bits per heavy atom. The zero-order chi connectivity index (χ0) is 26.4. The molecule has 0 bridgehead atoms. The predicted octanol–water partition coefficient (Wildman–Crippen LogP) is 4.85. The highest BCUT2D eigenvalue weighted by Crippen LogP contribution is 2.30. The molecule has 13 heteroatoms. The first kappa shape index (κ1) is 28.0. The summed E-state index contributed by atoms with van der Waals surface area (Å²) < 4.78 is 91.7. The number of nitrogens with one attached hydrogen (secondary N) is 3. The van der Waals surface area contributed by atoms with Gasteiger partial charge in [-0.05, 0) is 49.2 Å². The summed E-state index contributed by atoms with van der Waals surface area (Å²) in [5, 5.41) is 5.30. The molecule has 2 rings (SSSR count). The molecule has 0 aliphatic heterocycles. The number of amides is 1. The molecule has 0 saturated heterocycles. The van der Waals surface area contributed by atoms with E-state index in [1.165, 1.54) is 19.1 Å². The molecular formula is C22H25F5N4O3S. The van der Waals surface area contributed by atoms with E-state index in [1.54, 1.807) is 4.72 Å². The van der Waals surface area contributed by atoms with Crippen molar-refractivity contribution in [3.05, 3.63) is 58.8 Å². The van der Waals surface area contributed by atoms with Gasteiger partial charge in [-0.15, -0.1) is 0 Å². The Morgan fingerprint density at radius 1 is 1.17 bits per heavy atom. The topological polar surface area (TPSA) is 100 Å². The quantitative estimate of drug-likeness (QED) is 0.236. The average molecular weight is 521 g/mol. The van der Waals surface area contributed by atoms with Crippen LogP contribution < -0.4 is 15.4 Å². The molecule has 1 aromatic heterocycles. The third-order valence-corrected chi connectivity index (χ3v) is 5.24. The maximum atomic E-state index is 14.2. The van der Waals surface area contributed by atoms with Crippen LogP contribution in [0.2, 0.25) is 0 Å². The molecule has 1 aromatic carbocycles. The van der Waals surface area contributed by atoms with Crippen LogP contribution in [0.1, 0.15) is 49.6 Å². The Morgan fingerprint density at radius 2 is 1.80 bits per heavy atom. The van der Waals surface area contributed by atoms with Gasteiger partial charge in [0, 0.05) is 18.2 Å². The van der Waals surface area contributed by atoms with E-state index in [9.17, 15) is 35.2 Å². The van der Waals surface area contributed by atoms with Crippen LogP contribution in [-0.4, -0.2) is 32.1 Å². The summed E-state index contributed by atoms with van der Waals surface area (Å²) in [6.07, 6.45) is -0.0600. The van der Waals surface area contributed by atoms with Crippen molar-refractivity contribution >= 4 is 33.5 Å². The molecule has 7 nitrogen and oxygen atoms in total. The summed E-state index contributed by atoms with van der Waals surface area (Å²) in [5.74, 6) is -3.05. The van der Waals surface area contributed by atoms with E-state index in [0.717, 1.165) is 37.0 Å². The molecule has 35 heavy (non-hydrogen) atoms. The van der Waals surface area contributed by atoms with Gasteiger partial charge in [0.2, 0.25) is 15.9 Å². The van der Waals surface area contributed by atoms with Crippen molar-refractivity contribution < 1.29 is 35.2 Å². The Bertz CT molecular complexity index is 1180. The van der Waals surface area contributed by atoms with Crippen molar-refractivity contribution in [2.24, 2.45) is 0 Å². The standard InChI is InChI=1S/C22H25F5N4O3S/c1-4-5-10-28-21-14(6-8-18(30-21)22(25,26)27)7-9-19(32)29-13(2)15-11-16(23)20(17(24)12-15)31-35(3,33)34/h6-9,11-13,31H,4-5,10H2,1-3H3,(H,28,30)(H,29,32)/t13-/m0/s1.